The van der Waals surface area contributed by atoms with Gasteiger partial charge >= 0.3 is 0 Å². The Hall–Kier alpha value is -1.51. The number of hydrogen-bond donors (Lipinski definition) is 2. The zero-order valence-corrected chi connectivity index (χ0v) is 16.5. The van der Waals surface area contributed by atoms with E-state index in [1.807, 2.05) is 15.8 Å². The van der Waals surface area contributed by atoms with E-state index in [-0.39, 0.29) is 11.4 Å². The van der Waals surface area contributed by atoms with Gasteiger partial charge in [0.15, 0.2) is 5.69 Å². The van der Waals surface area contributed by atoms with Crippen LogP contribution in [0.15, 0.2) is 6.20 Å². The lowest BCUT2D eigenvalue weighted by atomic mass is 9.84. The molecule has 1 atom stereocenters. The van der Waals surface area contributed by atoms with Crippen LogP contribution in [0, 0.1) is 0 Å². The van der Waals surface area contributed by atoms with Crippen LogP contribution in [0.2, 0.25) is 0 Å². The summed E-state index contributed by atoms with van der Waals surface area (Å²) in [5, 5.41) is 15.4. The van der Waals surface area contributed by atoms with Gasteiger partial charge in [0, 0.05) is 37.8 Å². The Morgan fingerprint density at radius 1 is 1.26 bits per heavy atom. The molecular formula is C19H33N7O. The summed E-state index contributed by atoms with van der Waals surface area (Å²) in [6, 6.07) is 0.569. The largest absolute Gasteiger partial charge is 0.334 e. The Balaban J connectivity index is 1.35. The van der Waals surface area contributed by atoms with Gasteiger partial charge in [-0.25, -0.2) is 0 Å². The fourth-order valence-electron chi connectivity index (χ4n) is 4.79. The molecule has 1 spiro atoms. The van der Waals surface area contributed by atoms with Crippen LogP contribution < -0.4 is 10.6 Å². The van der Waals surface area contributed by atoms with E-state index in [9.17, 15) is 4.79 Å². The summed E-state index contributed by atoms with van der Waals surface area (Å²) in [7, 11) is 2.20. The van der Waals surface area contributed by atoms with Gasteiger partial charge in [-0.2, -0.15) is 0 Å². The summed E-state index contributed by atoms with van der Waals surface area (Å²) in [6.07, 6.45) is 8.88. The summed E-state index contributed by atoms with van der Waals surface area (Å²) >= 11 is 0. The number of aryl methyl sites for hydroxylation is 1. The number of rotatable bonds is 4. The SMILES string of the molecule is CN1CCN(C(=O)c2cn(CC[C@H]3CCCCN3)nn2)CC12CCNCC2. The molecule has 27 heavy (non-hydrogen) atoms. The molecule has 0 bridgehead atoms. The molecule has 8 nitrogen and oxygen atoms in total. The van der Waals surface area contributed by atoms with E-state index in [1.165, 1.54) is 19.3 Å². The number of likely N-dealkylation sites (N-methyl/N-ethyl adjacent to an activating group) is 1. The minimum absolute atomic E-state index is 0.0306. The third-order valence-electron chi connectivity index (χ3n) is 6.70. The summed E-state index contributed by atoms with van der Waals surface area (Å²) < 4.78 is 1.83. The van der Waals surface area contributed by atoms with Crippen molar-refractivity contribution in [1.82, 2.24) is 35.4 Å². The van der Waals surface area contributed by atoms with E-state index < -0.39 is 0 Å². The summed E-state index contributed by atoms with van der Waals surface area (Å²) in [5.41, 5.74) is 0.599. The number of nitrogens with one attached hydrogen (secondary N) is 2. The molecule has 4 rings (SSSR count). The predicted molar refractivity (Wildman–Crippen MR) is 104 cm³/mol. The van der Waals surface area contributed by atoms with Crippen molar-refractivity contribution in [3.63, 3.8) is 0 Å². The van der Waals surface area contributed by atoms with Gasteiger partial charge in [0.1, 0.15) is 0 Å². The first kappa shape index (κ1) is 18.8. The molecule has 3 aliphatic rings. The Morgan fingerprint density at radius 2 is 2.11 bits per heavy atom. The third-order valence-corrected chi connectivity index (χ3v) is 6.70. The summed E-state index contributed by atoms with van der Waals surface area (Å²) in [6.45, 7) is 6.47. The minimum Gasteiger partial charge on any atom is -0.334 e. The smallest absolute Gasteiger partial charge is 0.276 e. The van der Waals surface area contributed by atoms with Crippen molar-refractivity contribution in [2.75, 3.05) is 46.3 Å². The number of amides is 1. The van der Waals surface area contributed by atoms with Gasteiger partial charge in [-0.15, -0.1) is 5.10 Å². The molecule has 0 aromatic carbocycles. The number of aromatic nitrogens is 3. The van der Waals surface area contributed by atoms with E-state index in [1.54, 1.807) is 0 Å². The van der Waals surface area contributed by atoms with E-state index in [2.05, 4.69) is 32.9 Å². The quantitative estimate of drug-likeness (QED) is 0.789. The van der Waals surface area contributed by atoms with Crippen molar-refractivity contribution >= 4 is 5.91 Å². The van der Waals surface area contributed by atoms with E-state index in [0.717, 1.165) is 65.1 Å². The van der Waals surface area contributed by atoms with Crippen molar-refractivity contribution in [3.05, 3.63) is 11.9 Å². The molecule has 1 aromatic rings. The lowest BCUT2D eigenvalue weighted by Crippen LogP contribution is -2.64. The lowest BCUT2D eigenvalue weighted by molar-refractivity contribution is -0.00124. The normalized spacial score (nSPS) is 26.4. The number of nitrogens with zero attached hydrogens (tertiary/aromatic N) is 5. The van der Waals surface area contributed by atoms with Crippen molar-refractivity contribution in [2.45, 2.75) is 56.7 Å². The molecule has 0 saturated carbocycles. The summed E-state index contributed by atoms with van der Waals surface area (Å²) in [5.74, 6) is 0.0306. The van der Waals surface area contributed by atoms with Crippen molar-refractivity contribution in [2.24, 2.45) is 0 Å². The molecule has 150 valence electrons. The van der Waals surface area contributed by atoms with Gasteiger partial charge in [0.2, 0.25) is 0 Å². The zero-order chi connectivity index (χ0) is 18.7. The maximum atomic E-state index is 13.0. The Morgan fingerprint density at radius 3 is 2.89 bits per heavy atom. The van der Waals surface area contributed by atoms with Crippen molar-refractivity contribution in [3.8, 4) is 0 Å². The first-order valence-electron chi connectivity index (χ1n) is 10.5. The third kappa shape index (κ3) is 4.17. The molecule has 0 unspecified atom stereocenters. The number of piperidine rings is 2. The molecule has 3 saturated heterocycles. The van der Waals surface area contributed by atoms with Crippen LogP contribution in [-0.4, -0.2) is 88.6 Å². The van der Waals surface area contributed by atoms with Crippen LogP contribution in [0.3, 0.4) is 0 Å². The Labute approximate surface area is 161 Å². The fraction of sp³-hybridized carbons (Fsp3) is 0.842. The zero-order valence-electron chi connectivity index (χ0n) is 16.5. The number of carbonyl (C=O) groups excluding carboxylic acids is 1. The number of carbonyl (C=O) groups is 1. The van der Waals surface area contributed by atoms with Crippen molar-refractivity contribution < 1.29 is 4.79 Å². The van der Waals surface area contributed by atoms with Gasteiger partial charge in [-0.1, -0.05) is 11.6 Å². The highest BCUT2D eigenvalue weighted by Gasteiger charge is 2.42. The fourth-order valence-corrected chi connectivity index (χ4v) is 4.79. The van der Waals surface area contributed by atoms with Gasteiger partial charge in [0.05, 0.1) is 6.20 Å². The highest BCUT2D eigenvalue weighted by atomic mass is 16.2. The van der Waals surface area contributed by atoms with Crippen LogP contribution in [0.25, 0.3) is 0 Å². The van der Waals surface area contributed by atoms with Crippen LogP contribution in [0.4, 0.5) is 0 Å². The number of hydrogen-bond acceptors (Lipinski definition) is 6. The Kier molecular flexibility index (Phi) is 5.75. The first-order valence-corrected chi connectivity index (χ1v) is 10.5. The van der Waals surface area contributed by atoms with E-state index >= 15 is 0 Å². The Bertz CT molecular complexity index is 634. The van der Waals surface area contributed by atoms with Gasteiger partial charge in [-0.05, 0) is 58.8 Å². The molecular weight excluding hydrogens is 342 g/mol. The van der Waals surface area contributed by atoms with Gasteiger partial charge < -0.3 is 15.5 Å². The standard InChI is InChI=1S/C19H33N7O/c1-24-12-13-25(15-19(24)6-9-20-10-7-19)18(27)17-14-26(23-22-17)11-5-16-4-2-3-8-21-16/h14,16,20-21H,2-13,15H2,1H3/t16-/m1/s1. The van der Waals surface area contributed by atoms with Crippen LogP contribution in [0.5, 0.6) is 0 Å². The molecule has 2 N–H and O–H groups in total. The highest BCUT2D eigenvalue weighted by Crippen LogP contribution is 2.29. The van der Waals surface area contributed by atoms with Crippen LogP contribution in [-0.2, 0) is 6.54 Å². The number of piperazine rings is 1. The molecule has 1 aromatic heterocycles. The molecule has 8 heteroatoms. The minimum atomic E-state index is 0.0306. The predicted octanol–water partition coefficient (Wildman–Crippen LogP) is 0.320. The second kappa shape index (κ2) is 8.24. The van der Waals surface area contributed by atoms with E-state index in [0.29, 0.717) is 11.7 Å². The topological polar surface area (TPSA) is 78.3 Å². The molecule has 3 aliphatic heterocycles. The summed E-state index contributed by atoms with van der Waals surface area (Å²) in [4.78, 5) is 17.5. The van der Waals surface area contributed by atoms with Gasteiger partial charge in [0.25, 0.3) is 5.91 Å². The highest BCUT2D eigenvalue weighted by molar-refractivity contribution is 5.92. The molecule has 0 aliphatic carbocycles. The lowest BCUT2D eigenvalue weighted by Gasteiger charge is -2.51. The van der Waals surface area contributed by atoms with Crippen LogP contribution in [0.1, 0.15) is 49.0 Å². The first-order chi connectivity index (χ1) is 13.2. The van der Waals surface area contributed by atoms with Gasteiger partial charge in [-0.3, -0.25) is 14.4 Å². The average molecular weight is 376 g/mol. The monoisotopic (exact) mass is 375 g/mol. The molecule has 3 fully saturated rings. The van der Waals surface area contributed by atoms with Crippen molar-refractivity contribution in [1.29, 1.82) is 0 Å². The maximum absolute atomic E-state index is 13.0. The molecule has 4 heterocycles. The maximum Gasteiger partial charge on any atom is 0.276 e. The molecule has 1 amide bonds. The molecule has 0 radical (unpaired) electrons. The average Bonchev–Trinajstić information content (AvgIpc) is 3.19. The second-order valence-corrected chi connectivity index (χ2v) is 8.42. The second-order valence-electron chi connectivity index (χ2n) is 8.42. The van der Waals surface area contributed by atoms with E-state index in [4.69, 9.17) is 0 Å². The van der Waals surface area contributed by atoms with Crippen LogP contribution >= 0.6 is 0 Å².